The van der Waals surface area contributed by atoms with Crippen molar-refractivity contribution in [1.29, 1.82) is 0 Å². The van der Waals surface area contributed by atoms with E-state index < -0.39 is 0 Å². The molecule has 0 unspecified atom stereocenters. The van der Waals surface area contributed by atoms with Crippen LogP contribution in [-0.2, 0) is 0 Å². The van der Waals surface area contributed by atoms with Gasteiger partial charge < -0.3 is 14.7 Å². The lowest BCUT2D eigenvalue weighted by atomic mass is 10.2. The molecule has 3 rings (SSSR count). The number of benzene rings is 2. The fourth-order valence-electron chi connectivity index (χ4n) is 2.45. The van der Waals surface area contributed by atoms with Crippen LogP contribution < -0.4 is 9.64 Å². The van der Waals surface area contributed by atoms with Crippen molar-refractivity contribution in [3.8, 4) is 28.6 Å². The highest BCUT2D eigenvalue weighted by molar-refractivity contribution is 5.64. The molecule has 1 aromatic heterocycles. The molecule has 0 fully saturated rings. The van der Waals surface area contributed by atoms with Crippen LogP contribution in [0.2, 0.25) is 0 Å². The number of phenols is 1. The standard InChI is InChI=1S/C18H19N3O2/c1-20(2)14-5-7-15(8-6-14)21-11-10-19-18(21)13-4-9-16(22)17(12-13)23-3/h4-12,22H,1-3H3. The van der Waals surface area contributed by atoms with E-state index in [-0.39, 0.29) is 5.75 Å². The van der Waals surface area contributed by atoms with Crippen LogP contribution in [0.3, 0.4) is 0 Å². The van der Waals surface area contributed by atoms with Crippen molar-refractivity contribution in [1.82, 2.24) is 9.55 Å². The number of hydrogen-bond acceptors (Lipinski definition) is 4. The van der Waals surface area contributed by atoms with Crippen LogP contribution in [-0.4, -0.2) is 35.9 Å². The van der Waals surface area contributed by atoms with Crippen molar-refractivity contribution in [2.24, 2.45) is 0 Å². The van der Waals surface area contributed by atoms with Crippen molar-refractivity contribution in [3.63, 3.8) is 0 Å². The lowest BCUT2D eigenvalue weighted by Gasteiger charge is -2.14. The molecular formula is C18H19N3O2. The van der Waals surface area contributed by atoms with E-state index in [1.165, 1.54) is 7.11 Å². The Morgan fingerprint density at radius 2 is 1.83 bits per heavy atom. The van der Waals surface area contributed by atoms with Gasteiger partial charge in [-0.25, -0.2) is 4.98 Å². The number of ether oxygens (including phenoxy) is 1. The zero-order valence-electron chi connectivity index (χ0n) is 13.4. The van der Waals surface area contributed by atoms with E-state index in [1.807, 2.05) is 30.9 Å². The van der Waals surface area contributed by atoms with Crippen molar-refractivity contribution < 1.29 is 9.84 Å². The monoisotopic (exact) mass is 309 g/mol. The van der Waals surface area contributed by atoms with Gasteiger partial charge in [0.25, 0.3) is 0 Å². The van der Waals surface area contributed by atoms with Crippen molar-refractivity contribution in [3.05, 3.63) is 54.9 Å². The molecule has 0 aliphatic rings. The van der Waals surface area contributed by atoms with Crippen LogP contribution in [0.25, 0.3) is 17.1 Å². The Balaban J connectivity index is 2.02. The number of aromatic nitrogens is 2. The predicted octanol–water partition coefficient (Wildman–Crippen LogP) is 3.32. The van der Waals surface area contributed by atoms with Crippen molar-refractivity contribution in [2.75, 3.05) is 26.1 Å². The summed E-state index contributed by atoms with van der Waals surface area (Å²) in [4.78, 5) is 6.50. The van der Waals surface area contributed by atoms with Crippen LogP contribution in [0.5, 0.6) is 11.5 Å². The summed E-state index contributed by atoms with van der Waals surface area (Å²) in [7, 11) is 5.56. The Labute approximate surface area is 135 Å². The molecule has 0 spiro atoms. The zero-order chi connectivity index (χ0) is 16.4. The molecule has 0 radical (unpaired) electrons. The SMILES string of the molecule is COc1cc(-c2nccn2-c2ccc(N(C)C)cc2)ccc1O. The number of methoxy groups -OCH3 is 1. The maximum atomic E-state index is 9.74. The molecule has 0 atom stereocenters. The molecule has 2 aromatic carbocycles. The average molecular weight is 309 g/mol. The molecule has 1 N–H and O–H groups in total. The van der Waals surface area contributed by atoms with Gasteiger partial charge in [-0.3, -0.25) is 4.57 Å². The normalized spacial score (nSPS) is 10.6. The van der Waals surface area contributed by atoms with Crippen LogP contribution in [0.4, 0.5) is 5.69 Å². The minimum absolute atomic E-state index is 0.115. The number of imidazole rings is 1. The molecule has 0 saturated heterocycles. The highest BCUT2D eigenvalue weighted by Gasteiger charge is 2.11. The summed E-state index contributed by atoms with van der Waals surface area (Å²) < 4.78 is 7.18. The fourth-order valence-corrected chi connectivity index (χ4v) is 2.45. The largest absolute Gasteiger partial charge is 0.504 e. The predicted molar refractivity (Wildman–Crippen MR) is 91.5 cm³/mol. The molecule has 0 aliphatic carbocycles. The highest BCUT2D eigenvalue weighted by Crippen LogP contribution is 2.31. The van der Waals surface area contributed by atoms with Gasteiger partial charge in [0.05, 0.1) is 7.11 Å². The maximum Gasteiger partial charge on any atom is 0.161 e. The summed E-state index contributed by atoms with van der Waals surface area (Å²) in [6.45, 7) is 0. The number of phenolic OH excluding ortho intramolecular Hbond substituents is 1. The minimum Gasteiger partial charge on any atom is -0.504 e. The Morgan fingerprint density at radius 3 is 2.48 bits per heavy atom. The van der Waals surface area contributed by atoms with E-state index in [1.54, 1.807) is 18.3 Å². The van der Waals surface area contributed by atoms with Gasteiger partial charge in [0.15, 0.2) is 11.5 Å². The van der Waals surface area contributed by atoms with E-state index in [9.17, 15) is 5.11 Å². The first-order chi connectivity index (χ1) is 11.1. The summed E-state index contributed by atoms with van der Waals surface area (Å²) >= 11 is 0. The smallest absolute Gasteiger partial charge is 0.161 e. The third kappa shape index (κ3) is 2.85. The van der Waals surface area contributed by atoms with Gasteiger partial charge in [0.1, 0.15) is 5.82 Å². The second-order valence-electron chi connectivity index (χ2n) is 5.42. The van der Waals surface area contributed by atoms with Crippen LogP contribution in [0.1, 0.15) is 0 Å². The molecule has 0 aliphatic heterocycles. The molecule has 3 aromatic rings. The summed E-state index contributed by atoms with van der Waals surface area (Å²) in [6, 6.07) is 13.5. The Hall–Kier alpha value is -2.95. The Morgan fingerprint density at radius 1 is 1.09 bits per heavy atom. The van der Waals surface area contributed by atoms with Gasteiger partial charge >= 0.3 is 0 Å². The number of rotatable bonds is 4. The highest BCUT2D eigenvalue weighted by atomic mass is 16.5. The number of hydrogen-bond donors (Lipinski definition) is 1. The van der Waals surface area contributed by atoms with E-state index in [4.69, 9.17) is 4.74 Å². The van der Waals surface area contributed by atoms with E-state index in [0.29, 0.717) is 5.75 Å². The van der Waals surface area contributed by atoms with Crippen LogP contribution >= 0.6 is 0 Å². The number of nitrogens with zero attached hydrogens (tertiary/aromatic N) is 3. The van der Waals surface area contributed by atoms with Gasteiger partial charge in [-0.2, -0.15) is 0 Å². The number of aromatic hydroxyl groups is 1. The molecule has 5 heteroatoms. The van der Waals surface area contributed by atoms with E-state index >= 15 is 0 Å². The third-order valence-electron chi connectivity index (χ3n) is 3.72. The first-order valence-corrected chi connectivity index (χ1v) is 7.28. The molecule has 0 saturated carbocycles. The first kappa shape index (κ1) is 15.0. The van der Waals surface area contributed by atoms with Gasteiger partial charge in [-0.1, -0.05) is 0 Å². The van der Waals surface area contributed by atoms with Gasteiger partial charge in [0.2, 0.25) is 0 Å². The molecular weight excluding hydrogens is 290 g/mol. The van der Waals surface area contributed by atoms with Gasteiger partial charge in [-0.15, -0.1) is 0 Å². The fraction of sp³-hybridized carbons (Fsp3) is 0.167. The molecule has 23 heavy (non-hydrogen) atoms. The lowest BCUT2D eigenvalue weighted by molar-refractivity contribution is 0.373. The molecule has 118 valence electrons. The zero-order valence-corrected chi connectivity index (χ0v) is 13.4. The van der Waals surface area contributed by atoms with E-state index in [2.05, 4.69) is 34.1 Å². The maximum absolute atomic E-state index is 9.74. The summed E-state index contributed by atoms with van der Waals surface area (Å²) in [5.41, 5.74) is 3.04. The minimum atomic E-state index is 0.115. The van der Waals surface area contributed by atoms with E-state index in [0.717, 1.165) is 22.8 Å². The van der Waals surface area contributed by atoms with Crippen LogP contribution in [0, 0.1) is 0 Å². The summed E-state index contributed by atoms with van der Waals surface area (Å²) in [6.07, 6.45) is 3.67. The Bertz CT molecular complexity index is 807. The summed E-state index contributed by atoms with van der Waals surface area (Å²) in [5.74, 6) is 1.34. The van der Waals surface area contributed by atoms with Gasteiger partial charge in [0, 0.05) is 43.4 Å². The number of anilines is 1. The van der Waals surface area contributed by atoms with Gasteiger partial charge in [-0.05, 0) is 42.5 Å². The first-order valence-electron chi connectivity index (χ1n) is 7.28. The average Bonchev–Trinajstić information content (AvgIpc) is 3.05. The van der Waals surface area contributed by atoms with Crippen molar-refractivity contribution in [2.45, 2.75) is 0 Å². The summed E-state index contributed by atoms with van der Waals surface area (Å²) in [5, 5.41) is 9.74. The van der Waals surface area contributed by atoms with Crippen molar-refractivity contribution >= 4 is 5.69 Å². The lowest BCUT2D eigenvalue weighted by Crippen LogP contribution is -2.08. The molecule has 5 nitrogen and oxygen atoms in total. The third-order valence-corrected chi connectivity index (χ3v) is 3.72. The molecule has 0 amide bonds. The molecule has 1 heterocycles. The topological polar surface area (TPSA) is 50.5 Å². The second kappa shape index (κ2) is 6.04. The molecule has 0 bridgehead atoms. The second-order valence-corrected chi connectivity index (χ2v) is 5.42. The van der Waals surface area contributed by atoms with Crippen LogP contribution in [0.15, 0.2) is 54.9 Å². The quantitative estimate of drug-likeness (QED) is 0.803. The Kier molecular flexibility index (Phi) is 3.93.